The molecule has 1 N–H and O–H groups in total. The van der Waals surface area contributed by atoms with Gasteiger partial charge in [-0.05, 0) is 12.1 Å². The molecule has 0 unspecified atom stereocenters. The lowest BCUT2D eigenvalue weighted by molar-refractivity contribution is -0.137. The van der Waals surface area contributed by atoms with Gasteiger partial charge in [-0.15, -0.1) is 0 Å². The zero-order chi connectivity index (χ0) is 10.9. The molecule has 0 atom stereocenters. The van der Waals surface area contributed by atoms with Gasteiger partial charge in [-0.2, -0.15) is 18.3 Å². The van der Waals surface area contributed by atoms with Crippen molar-refractivity contribution < 1.29 is 13.2 Å². The molecular formula is C8H5F3N4. The van der Waals surface area contributed by atoms with Gasteiger partial charge in [-0.3, -0.25) is 10.1 Å². The summed E-state index contributed by atoms with van der Waals surface area (Å²) in [6.07, 6.45) is -2.09. The molecule has 15 heavy (non-hydrogen) atoms. The predicted octanol–water partition coefficient (Wildman–Crippen LogP) is 1.89. The topological polar surface area (TPSA) is 54.5 Å². The van der Waals surface area contributed by atoms with Crippen LogP contribution in [0.25, 0.3) is 11.5 Å². The fourth-order valence-electron chi connectivity index (χ4n) is 1.07. The molecule has 0 saturated carbocycles. The fraction of sp³-hybridized carbons (Fsp3) is 0.125. The summed E-state index contributed by atoms with van der Waals surface area (Å²) in [6.45, 7) is 0. The number of nitrogens with zero attached hydrogens (tertiary/aromatic N) is 3. The number of hydrogen-bond acceptors (Lipinski definition) is 3. The minimum atomic E-state index is -4.38. The predicted molar refractivity (Wildman–Crippen MR) is 44.6 cm³/mol. The van der Waals surface area contributed by atoms with E-state index in [1.165, 1.54) is 6.33 Å². The second-order valence-electron chi connectivity index (χ2n) is 2.76. The Balaban J connectivity index is 2.44. The Kier molecular flexibility index (Phi) is 2.14. The van der Waals surface area contributed by atoms with E-state index >= 15 is 0 Å². The number of nitrogens with one attached hydrogen (secondary N) is 1. The number of alkyl halides is 3. The Labute approximate surface area is 82.2 Å². The van der Waals surface area contributed by atoms with Crippen molar-refractivity contribution in [1.29, 1.82) is 0 Å². The smallest absolute Gasteiger partial charge is 0.258 e. The van der Waals surface area contributed by atoms with Crippen molar-refractivity contribution in [2.45, 2.75) is 6.18 Å². The number of halogens is 3. The number of aromatic nitrogens is 4. The van der Waals surface area contributed by atoms with Crippen LogP contribution in [0.2, 0.25) is 0 Å². The molecule has 0 fully saturated rings. The van der Waals surface area contributed by atoms with E-state index in [2.05, 4.69) is 20.2 Å². The van der Waals surface area contributed by atoms with Crippen molar-refractivity contribution in [2.24, 2.45) is 0 Å². The van der Waals surface area contributed by atoms with Gasteiger partial charge in [0.25, 0.3) is 0 Å². The summed E-state index contributed by atoms with van der Waals surface area (Å²) in [5.41, 5.74) is -0.647. The summed E-state index contributed by atoms with van der Waals surface area (Å²) in [6, 6.07) is 1.82. The van der Waals surface area contributed by atoms with Crippen LogP contribution >= 0.6 is 0 Å². The molecule has 0 aliphatic rings. The molecule has 0 aromatic carbocycles. The van der Waals surface area contributed by atoms with Crippen LogP contribution < -0.4 is 0 Å². The van der Waals surface area contributed by atoms with Gasteiger partial charge in [0.1, 0.15) is 12.0 Å². The van der Waals surface area contributed by atoms with Crippen molar-refractivity contribution in [3.05, 3.63) is 30.2 Å². The van der Waals surface area contributed by atoms with Crippen LogP contribution in [0.15, 0.2) is 24.7 Å². The van der Waals surface area contributed by atoms with Gasteiger partial charge in [-0.1, -0.05) is 0 Å². The zero-order valence-electron chi connectivity index (χ0n) is 7.28. The molecule has 0 amide bonds. The number of hydrogen-bond donors (Lipinski definition) is 1. The van der Waals surface area contributed by atoms with E-state index in [-0.39, 0.29) is 11.5 Å². The SMILES string of the molecule is FC(F)(F)c1ccnc(-c2ncn[nH]2)c1. The zero-order valence-corrected chi connectivity index (χ0v) is 7.28. The molecule has 2 aromatic rings. The van der Waals surface area contributed by atoms with E-state index in [0.29, 0.717) is 0 Å². The Morgan fingerprint density at radius 2 is 2.00 bits per heavy atom. The molecule has 0 radical (unpaired) electrons. The third kappa shape index (κ3) is 1.95. The van der Waals surface area contributed by atoms with Crippen LogP contribution in [0.5, 0.6) is 0 Å². The van der Waals surface area contributed by atoms with E-state index < -0.39 is 11.7 Å². The maximum absolute atomic E-state index is 12.3. The minimum Gasteiger partial charge on any atom is -0.258 e. The second kappa shape index (κ2) is 3.34. The van der Waals surface area contributed by atoms with Gasteiger partial charge >= 0.3 is 6.18 Å². The lowest BCUT2D eigenvalue weighted by atomic mass is 10.2. The van der Waals surface area contributed by atoms with E-state index in [1.54, 1.807) is 0 Å². The standard InChI is InChI=1S/C8H5F3N4/c9-8(10,11)5-1-2-12-6(3-5)7-13-4-14-15-7/h1-4H,(H,13,14,15). The summed E-state index contributed by atoms with van der Waals surface area (Å²) in [7, 11) is 0. The first kappa shape index (κ1) is 9.63. The second-order valence-corrected chi connectivity index (χ2v) is 2.76. The first-order chi connectivity index (χ1) is 7.07. The van der Waals surface area contributed by atoms with Crippen LogP contribution in [0.3, 0.4) is 0 Å². The molecule has 0 bridgehead atoms. The van der Waals surface area contributed by atoms with Crippen LogP contribution in [-0.2, 0) is 6.18 Å². The van der Waals surface area contributed by atoms with Crippen molar-refractivity contribution in [1.82, 2.24) is 20.2 Å². The van der Waals surface area contributed by atoms with E-state index in [0.717, 1.165) is 18.3 Å². The number of aromatic amines is 1. The largest absolute Gasteiger partial charge is 0.416 e. The van der Waals surface area contributed by atoms with Gasteiger partial charge in [0, 0.05) is 6.20 Å². The average molecular weight is 214 g/mol. The van der Waals surface area contributed by atoms with Gasteiger partial charge < -0.3 is 0 Å². The number of pyridine rings is 1. The third-order valence-electron chi connectivity index (χ3n) is 1.74. The molecule has 0 aliphatic carbocycles. The minimum absolute atomic E-state index is 0.113. The molecule has 0 saturated heterocycles. The lowest BCUT2D eigenvalue weighted by Gasteiger charge is -2.06. The molecule has 0 aliphatic heterocycles. The van der Waals surface area contributed by atoms with Crippen LogP contribution in [-0.4, -0.2) is 20.2 Å². The Hall–Kier alpha value is -1.92. The highest BCUT2D eigenvalue weighted by molar-refractivity contribution is 5.49. The van der Waals surface area contributed by atoms with Crippen molar-refractivity contribution in [3.8, 4) is 11.5 Å². The van der Waals surface area contributed by atoms with Crippen molar-refractivity contribution >= 4 is 0 Å². The molecule has 2 rings (SSSR count). The number of rotatable bonds is 1. The van der Waals surface area contributed by atoms with Gasteiger partial charge in [-0.25, -0.2) is 4.98 Å². The van der Waals surface area contributed by atoms with Crippen LogP contribution in [0.4, 0.5) is 13.2 Å². The van der Waals surface area contributed by atoms with Gasteiger partial charge in [0.05, 0.1) is 5.56 Å². The molecule has 2 aromatic heterocycles. The highest BCUT2D eigenvalue weighted by atomic mass is 19.4. The molecule has 7 heteroatoms. The normalized spacial score (nSPS) is 11.7. The highest BCUT2D eigenvalue weighted by Crippen LogP contribution is 2.30. The van der Waals surface area contributed by atoms with Gasteiger partial charge in [0.15, 0.2) is 5.82 Å². The molecule has 78 valence electrons. The molecule has 2 heterocycles. The molecular weight excluding hydrogens is 209 g/mol. The first-order valence-electron chi connectivity index (χ1n) is 3.96. The quantitative estimate of drug-likeness (QED) is 0.788. The van der Waals surface area contributed by atoms with E-state index in [1.807, 2.05) is 0 Å². The van der Waals surface area contributed by atoms with Crippen molar-refractivity contribution in [2.75, 3.05) is 0 Å². The lowest BCUT2D eigenvalue weighted by Crippen LogP contribution is -2.05. The third-order valence-corrected chi connectivity index (χ3v) is 1.74. The van der Waals surface area contributed by atoms with Crippen LogP contribution in [0, 0.1) is 0 Å². The van der Waals surface area contributed by atoms with Crippen LogP contribution in [0.1, 0.15) is 5.56 Å². The van der Waals surface area contributed by atoms with E-state index in [9.17, 15) is 13.2 Å². The number of H-pyrrole nitrogens is 1. The fourth-order valence-corrected chi connectivity index (χ4v) is 1.07. The summed E-state index contributed by atoms with van der Waals surface area (Å²) in [5, 5.41) is 5.97. The van der Waals surface area contributed by atoms with E-state index in [4.69, 9.17) is 0 Å². The Morgan fingerprint density at radius 3 is 2.60 bits per heavy atom. The van der Waals surface area contributed by atoms with Crippen molar-refractivity contribution in [3.63, 3.8) is 0 Å². The van der Waals surface area contributed by atoms with Gasteiger partial charge in [0.2, 0.25) is 0 Å². The molecule has 4 nitrogen and oxygen atoms in total. The highest BCUT2D eigenvalue weighted by Gasteiger charge is 2.30. The Morgan fingerprint density at radius 1 is 1.20 bits per heavy atom. The summed E-state index contributed by atoms with van der Waals surface area (Å²) in [4.78, 5) is 7.47. The summed E-state index contributed by atoms with van der Waals surface area (Å²) >= 11 is 0. The first-order valence-corrected chi connectivity index (χ1v) is 3.96. The monoisotopic (exact) mass is 214 g/mol. The molecule has 0 spiro atoms. The summed E-state index contributed by atoms with van der Waals surface area (Å²) < 4.78 is 37.0. The Bertz CT molecular complexity index is 449. The average Bonchev–Trinajstić information content (AvgIpc) is 2.69. The maximum atomic E-state index is 12.3. The summed E-state index contributed by atoms with van der Waals surface area (Å²) in [5.74, 6) is 0.209. The maximum Gasteiger partial charge on any atom is 0.416 e.